The molecule has 1 unspecified atom stereocenters. The molecule has 2 amide bonds. The lowest BCUT2D eigenvalue weighted by Crippen LogP contribution is -2.34. The van der Waals surface area contributed by atoms with E-state index in [1.54, 1.807) is 31.2 Å². The Kier molecular flexibility index (Phi) is 3.23. The number of amides is 2. The molecule has 0 radical (unpaired) electrons. The first kappa shape index (κ1) is 13.0. The average Bonchev–Trinajstić information content (AvgIpc) is 2.49. The molecule has 1 atom stereocenters. The Balaban J connectivity index is 1.82. The van der Waals surface area contributed by atoms with E-state index in [2.05, 4.69) is 20.6 Å². The van der Waals surface area contributed by atoms with Crippen LogP contribution in [0.25, 0.3) is 0 Å². The van der Waals surface area contributed by atoms with Crippen LogP contribution in [0.2, 0.25) is 0 Å². The quantitative estimate of drug-likeness (QED) is 0.870. The van der Waals surface area contributed by atoms with E-state index in [0.29, 0.717) is 17.0 Å². The van der Waals surface area contributed by atoms with Gasteiger partial charge in [-0.1, -0.05) is 0 Å². The number of carbonyl (C=O) groups is 2. The summed E-state index contributed by atoms with van der Waals surface area (Å²) in [5.74, 6) is 0.145. The second-order valence-corrected chi connectivity index (χ2v) is 4.49. The summed E-state index contributed by atoms with van der Waals surface area (Å²) in [5, 5.41) is 5.26. The lowest BCUT2D eigenvalue weighted by atomic mass is 10.1. The highest BCUT2D eigenvalue weighted by atomic mass is 16.5. The van der Waals surface area contributed by atoms with Crippen LogP contribution in [-0.4, -0.2) is 27.9 Å². The molecule has 0 bridgehead atoms. The summed E-state index contributed by atoms with van der Waals surface area (Å²) in [6.07, 6.45) is 2.52. The van der Waals surface area contributed by atoms with Crippen molar-refractivity contribution in [1.82, 2.24) is 9.97 Å². The SMILES string of the molecule is CC1Oc2ccc(C(=O)Nc3ncccn3)cc2NC1=O. The van der Waals surface area contributed by atoms with Gasteiger partial charge < -0.3 is 10.1 Å². The number of benzene rings is 1. The van der Waals surface area contributed by atoms with Gasteiger partial charge in [-0.05, 0) is 31.2 Å². The van der Waals surface area contributed by atoms with Gasteiger partial charge in [0.05, 0.1) is 5.69 Å². The Labute approximate surface area is 120 Å². The van der Waals surface area contributed by atoms with E-state index in [0.717, 1.165) is 0 Å². The van der Waals surface area contributed by atoms with E-state index >= 15 is 0 Å². The maximum absolute atomic E-state index is 12.1. The normalized spacial score (nSPS) is 16.4. The highest BCUT2D eigenvalue weighted by molar-refractivity contribution is 6.05. The number of hydrogen-bond donors (Lipinski definition) is 2. The van der Waals surface area contributed by atoms with Crippen molar-refractivity contribution in [1.29, 1.82) is 0 Å². The molecular formula is C14H12N4O3. The zero-order valence-electron chi connectivity index (χ0n) is 11.2. The molecule has 2 N–H and O–H groups in total. The van der Waals surface area contributed by atoms with Crippen molar-refractivity contribution in [2.24, 2.45) is 0 Å². The number of nitrogens with one attached hydrogen (secondary N) is 2. The van der Waals surface area contributed by atoms with Crippen LogP contribution >= 0.6 is 0 Å². The van der Waals surface area contributed by atoms with E-state index in [1.165, 1.54) is 12.4 Å². The minimum atomic E-state index is -0.546. The highest BCUT2D eigenvalue weighted by Crippen LogP contribution is 2.30. The summed E-state index contributed by atoms with van der Waals surface area (Å²) in [6, 6.07) is 6.47. The Morgan fingerprint density at radius 1 is 1.33 bits per heavy atom. The predicted octanol–water partition coefficient (Wildman–Crippen LogP) is 1.45. The minimum Gasteiger partial charge on any atom is -0.479 e. The molecule has 1 aromatic carbocycles. The first-order valence-electron chi connectivity index (χ1n) is 6.33. The van der Waals surface area contributed by atoms with Crippen molar-refractivity contribution in [3.8, 4) is 5.75 Å². The fourth-order valence-corrected chi connectivity index (χ4v) is 1.89. The number of nitrogens with zero attached hydrogens (tertiary/aromatic N) is 2. The fraction of sp³-hybridized carbons (Fsp3) is 0.143. The molecular weight excluding hydrogens is 272 g/mol. The van der Waals surface area contributed by atoms with Crippen LogP contribution in [0.15, 0.2) is 36.7 Å². The van der Waals surface area contributed by atoms with Gasteiger partial charge in [0.2, 0.25) is 5.95 Å². The third kappa shape index (κ3) is 2.66. The van der Waals surface area contributed by atoms with Crippen molar-refractivity contribution in [3.05, 3.63) is 42.2 Å². The van der Waals surface area contributed by atoms with E-state index in [-0.39, 0.29) is 17.8 Å². The summed E-state index contributed by atoms with van der Waals surface area (Å²) in [5.41, 5.74) is 0.847. The Morgan fingerprint density at radius 2 is 2.10 bits per heavy atom. The van der Waals surface area contributed by atoms with Crippen molar-refractivity contribution >= 4 is 23.5 Å². The third-order valence-corrected chi connectivity index (χ3v) is 2.96. The van der Waals surface area contributed by atoms with Gasteiger partial charge in [-0.15, -0.1) is 0 Å². The van der Waals surface area contributed by atoms with Crippen LogP contribution < -0.4 is 15.4 Å². The van der Waals surface area contributed by atoms with Crippen LogP contribution in [0.3, 0.4) is 0 Å². The molecule has 106 valence electrons. The molecule has 2 aromatic rings. The van der Waals surface area contributed by atoms with Crippen molar-refractivity contribution in [2.75, 3.05) is 10.6 Å². The van der Waals surface area contributed by atoms with Gasteiger partial charge >= 0.3 is 0 Å². The van der Waals surface area contributed by atoms with E-state index in [9.17, 15) is 9.59 Å². The number of hydrogen-bond acceptors (Lipinski definition) is 5. The third-order valence-electron chi connectivity index (χ3n) is 2.96. The molecule has 21 heavy (non-hydrogen) atoms. The van der Waals surface area contributed by atoms with Crippen molar-refractivity contribution in [2.45, 2.75) is 13.0 Å². The van der Waals surface area contributed by atoms with Crippen molar-refractivity contribution < 1.29 is 14.3 Å². The molecule has 7 nitrogen and oxygen atoms in total. The van der Waals surface area contributed by atoms with Crippen LogP contribution in [0, 0.1) is 0 Å². The van der Waals surface area contributed by atoms with Crippen LogP contribution in [0.4, 0.5) is 11.6 Å². The summed E-state index contributed by atoms with van der Waals surface area (Å²) in [4.78, 5) is 31.5. The topological polar surface area (TPSA) is 93.2 Å². The highest BCUT2D eigenvalue weighted by Gasteiger charge is 2.24. The molecule has 0 aliphatic carbocycles. The summed E-state index contributed by atoms with van der Waals surface area (Å²) < 4.78 is 5.43. The van der Waals surface area contributed by atoms with E-state index in [1.807, 2.05) is 0 Å². The van der Waals surface area contributed by atoms with Gasteiger partial charge in [0.25, 0.3) is 11.8 Å². The standard InChI is InChI=1S/C14H12N4O3/c1-8-12(19)17-10-7-9(3-4-11(10)21-8)13(20)18-14-15-5-2-6-16-14/h2-8H,1H3,(H,17,19)(H,15,16,18,20). The van der Waals surface area contributed by atoms with Gasteiger partial charge in [0, 0.05) is 18.0 Å². The number of carbonyl (C=O) groups excluding carboxylic acids is 2. The van der Waals surface area contributed by atoms with Crippen LogP contribution in [0.5, 0.6) is 5.75 Å². The van der Waals surface area contributed by atoms with Gasteiger partial charge in [-0.25, -0.2) is 9.97 Å². The number of rotatable bonds is 2. The smallest absolute Gasteiger partial charge is 0.265 e. The Hall–Kier alpha value is -2.96. The second kappa shape index (κ2) is 5.20. The molecule has 2 heterocycles. The number of fused-ring (bicyclic) bond motifs is 1. The Bertz CT molecular complexity index is 703. The van der Waals surface area contributed by atoms with Crippen LogP contribution in [-0.2, 0) is 4.79 Å². The van der Waals surface area contributed by atoms with Gasteiger partial charge in [0.15, 0.2) is 6.10 Å². The maximum atomic E-state index is 12.1. The molecule has 1 aliphatic rings. The lowest BCUT2D eigenvalue weighted by Gasteiger charge is -2.23. The molecule has 1 aliphatic heterocycles. The number of aromatic nitrogens is 2. The monoisotopic (exact) mass is 284 g/mol. The number of anilines is 2. The molecule has 1 aromatic heterocycles. The van der Waals surface area contributed by atoms with E-state index in [4.69, 9.17) is 4.74 Å². The molecule has 3 rings (SSSR count). The predicted molar refractivity (Wildman–Crippen MR) is 75.1 cm³/mol. The van der Waals surface area contributed by atoms with Gasteiger partial charge in [-0.2, -0.15) is 0 Å². The molecule has 7 heteroatoms. The first-order valence-corrected chi connectivity index (χ1v) is 6.33. The zero-order chi connectivity index (χ0) is 14.8. The summed E-state index contributed by atoms with van der Waals surface area (Å²) in [6.45, 7) is 1.66. The zero-order valence-corrected chi connectivity index (χ0v) is 11.2. The van der Waals surface area contributed by atoms with Crippen molar-refractivity contribution in [3.63, 3.8) is 0 Å². The molecule has 0 fully saturated rings. The minimum absolute atomic E-state index is 0.217. The van der Waals surface area contributed by atoms with E-state index < -0.39 is 6.10 Å². The Morgan fingerprint density at radius 3 is 2.86 bits per heavy atom. The maximum Gasteiger partial charge on any atom is 0.265 e. The molecule has 0 saturated carbocycles. The summed E-state index contributed by atoms with van der Waals surface area (Å²) >= 11 is 0. The molecule has 0 spiro atoms. The summed E-state index contributed by atoms with van der Waals surface area (Å²) in [7, 11) is 0. The molecule has 0 saturated heterocycles. The van der Waals surface area contributed by atoms with Crippen LogP contribution in [0.1, 0.15) is 17.3 Å². The van der Waals surface area contributed by atoms with Gasteiger partial charge in [-0.3, -0.25) is 14.9 Å². The lowest BCUT2D eigenvalue weighted by molar-refractivity contribution is -0.122. The number of ether oxygens (including phenoxy) is 1. The fourth-order valence-electron chi connectivity index (χ4n) is 1.89. The largest absolute Gasteiger partial charge is 0.479 e. The second-order valence-electron chi connectivity index (χ2n) is 4.49. The van der Waals surface area contributed by atoms with Gasteiger partial charge in [0.1, 0.15) is 5.75 Å². The average molecular weight is 284 g/mol. The first-order chi connectivity index (χ1) is 10.1.